The Morgan fingerprint density at radius 2 is 1.33 bits per heavy atom. The van der Waals surface area contributed by atoms with Crippen LogP contribution in [0.2, 0.25) is 0 Å². The molecule has 0 fully saturated rings. The van der Waals surface area contributed by atoms with Crippen LogP contribution in [0, 0.1) is 0 Å². The van der Waals surface area contributed by atoms with Gasteiger partial charge < -0.3 is 16.2 Å². The number of hydrogen-bond acceptors (Lipinski definition) is 5. The van der Waals surface area contributed by atoms with Crippen molar-refractivity contribution >= 4 is 41.5 Å². The maximum atomic E-state index is 11.7. The molecule has 5 nitrogen and oxygen atoms in total. The summed E-state index contributed by atoms with van der Waals surface area (Å²) in [6.07, 6.45) is 22.8. The Labute approximate surface area is 207 Å². The molecule has 0 aliphatic heterocycles. The molecule has 0 aromatic heterocycles. The second-order valence-electron chi connectivity index (χ2n) is 8.02. The second kappa shape index (κ2) is 25.1. The van der Waals surface area contributed by atoms with E-state index in [-0.39, 0.29) is 29.6 Å². The fourth-order valence-corrected chi connectivity index (χ4v) is 3.21. The van der Waals surface area contributed by atoms with E-state index in [4.69, 9.17) is 16.2 Å². The molecule has 1 unspecified atom stereocenters. The summed E-state index contributed by atoms with van der Waals surface area (Å²) in [5, 5.41) is 0. The molecule has 0 amide bonds. The van der Waals surface area contributed by atoms with Crippen molar-refractivity contribution in [2.45, 2.75) is 122 Å². The van der Waals surface area contributed by atoms with Gasteiger partial charge in [-0.05, 0) is 51.5 Å². The Kier molecular flexibility index (Phi) is 26.7. The van der Waals surface area contributed by atoms with Crippen molar-refractivity contribution in [3.8, 4) is 0 Å². The van der Waals surface area contributed by atoms with Gasteiger partial charge in [-0.15, -0.1) is 0 Å². The molecular formula is C24H47N2NaO3. The average Bonchev–Trinajstić information content (AvgIpc) is 2.70. The summed E-state index contributed by atoms with van der Waals surface area (Å²) in [5.74, 6) is -1.07. The zero-order chi connectivity index (χ0) is 21.6. The van der Waals surface area contributed by atoms with E-state index in [0.29, 0.717) is 19.4 Å². The van der Waals surface area contributed by atoms with E-state index < -0.39 is 18.0 Å². The number of unbranched alkanes of at least 4 members (excludes halogenated alkanes) is 12. The van der Waals surface area contributed by atoms with Gasteiger partial charge in [0, 0.05) is 6.42 Å². The van der Waals surface area contributed by atoms with Gasteiger partial charge in [-0.25, -0.2) is 4.79 Å². The molecule has 6 heteroatoms. The van der Waals surface area contributed by atoms with Gasteiger partial charge in [0.25, 0.3) is 0 Å². The van der Waals surface area contributed by atoms with Crippen LogP contribution in [-0.2, 0) is 14.3 Å². The Hall–Kier alpha value is -0.200. The van der Waals surface area contributed by atoms with Gasteiger partial charge >= 0.3 is 41.5 Å². The summed E-state index contributed by atoms with van der Waals surface area (Å²) in [7, 11) is 0. The van der Waals surface area contributed by atoms with E-state index in [1.54, 1.807) is 0 Å². The van der Waals surface area contributed by atoms with Gasteiger partial charge in [0.15, 0.2) is 0 Å². The van der Waals surface area contributed by atoms with E-state index in [1.165, 1.54) is 57.8 Å². The van der Waals surface area contributed by atoms with Gasteiger partial charge in [-0.1, -0.05) is 76.9 Å². The molecule has 0 saturated carbocycles. The standard InChI is InChI=1S/C24H46N2O3.Na.H/c1-2-3-4-5-6-7-8-9-10-11-12-13-14-15-16-20-23(27)29-24(28)22(26)19-17-18-21-25;;/h9-10,22H,2-8,11-21,25-26H2,1H3;;/b10-9-;;. The van der Waals surface area contributed by atoms with Crippen LogP contribution in [0.1, 0.15) is 116 Å². The summed E-state index contributed by atoms with van der Waals surface area (Å²) in [6.45, 7) is 2.83. The third-order valence-electron chi connectivity index (χ3n) is 5.13. The van der Waals surface area contributed by atoms with E-state index in [1.807, 2.05) is 0 Å². The third kappa shape index (κ3) is 22.5. The fraction of sp³-hybridized carbons (Fsp3) is 0.833. The molecule has 0 spiro atoms. The van der Waals surface area contributed by atoms with Crippen molar-refractivity contribution in [1.82, 2.24) is 0 Å². The van der Waals surface area contributed by atoms with Crippen molar-refractivity contribution < 1.29 is 14.3 Å². The first kappa shape index (κ1) is 32.0. The van der Waals surface area contributed by atoms with E-state index in [9.17, 15) is 9.59 Å². The molecule has 0 aromatic carbocycles. The van der Waals surface area contributed by atoms with Crippen molar-refractivity contribution in [3.63, 3.8) is 0 Å². The molecule has 0 aliphatic carbocycles. The van der Waals surface area contributed by atoms with Crippen LogP contribution in [0.3, 0.4) is 0 Å². The van der Waals surface area contributed by atoms with Crippen molar-refractivity contribution in [1.29, 1.82) is 0 Å². The number of carbonyl (C=O) groups is 2. The Balaban J connectivity index is 0. The molecule has 4 N–H and O–H groups in total. The van der Waals surface area contributed by atoms with Crippen LogP contribution < -0.4 is 11.5 Å². The van der Waals surface area contributed by atoms with Gasteiger partial charge in [0.05, 0.1) is 0 Å². The zero-order valence-corrected chi connectivity index (χ0v) is 18.8. The average molecular weight is 435 g/mol. The molecule has 0 saturated heterocycles. The van der Waals surface area contributed by atoms with Gasteiger partial charge in [-0.2, -0.15) is 0 Å². The van der Waals surface area contributed by atoms with Crippen LogP contribution in [0.25, 0.3) is 0 Å². The molecule has 1 atom stereocenters. The Bertz CT molecular complexity index is 431. The predicted octanol–water partition coefficient (Wildman–Crippen LogP) is 4.90. The SMILES string of the molecule is CCCCCCCC/C=C\CCCCCCCC(=O)OC(=O)C(N)CCCCN.[NaH]. The van der Waals surface area contributed by atoms with Gasteiger partial charge in [0.1, 0.15) is 6.04 Å². The Morgan fingerprint density at radius 1 is 0.800 bits per heavy atom. The summed E-state index contributed by atoms with van der Waals surface area (Å²) in [4.78, 5) is 23.4. The number of rotatable bonds is 20. The molecule has 0 aromatic rings. The van der Waals surface area contributed by atoms with Crippen molar-refractivity contribution in [2.24, 2.45) is 11.5 Å². The van der Waals surface area contributed by atoms with E-state index >= 15 is 0 Å². The fourth-order valence-electron chi connectivity index (χ4n) is 3.21. The first-order valence-electron chi connectivity index (χ1n) is 12.0. The number of hydrogen-bond donors (Lipinski definition) is 2. The van der Waals surface area contributed by atoms with Gasteiger partial charge in [-0.3, -0.25) is 4.79 Å². The predicted molar refractivity (Wildman–Crippen MR) is 129 cm³/mol. The van der Waals surface area contributed by atoms with Crippen LogP contribution in [-0.4, -0.2) is 54.1 Å². The molecule has 0 bridgehead atoms. The second-order valence-corrected chi connectivity index (χ2v) is 8.02. The molecule has 0 aliphatic rings. The molecule has 0 radical (unpaired) electrons. The monoisotopic (exact) mass is 434 g/mol. The summed E-state index contributed by atoms with van der Waals surface area (Å²) >= 11 is 0. The number of nitrogens with two attached hydrogens (primary N) is 2. The third-order valence-corrected chi connectivity index (χ3v) is 5.13. The van der Waals surface area contributed by atoms with Gasteiger partial charge in [0.2, 0.25) is 0 Å². The Morgan fingerprint density at radius 3 is 1.90 bits per heavy atom. The first-order chi connectivity index (χ1) is 14.1. The summed E-state index contributed by atoms with van der Waals surface area (Å²) in [6, 6.07) is -0.723. The minimum atomic E-state index is -0.723. The van der Waals surface area contributed by atoms with E-state index in [0.717, 1.165) is 38.5 Å². The number of esters is 2. The van der Waals surface area contributed by atoms with Crippen LogP contribution in [0.15, 0.2) is 12.2 Å². The number of carbonyl (C=O) groups excluding carboxylic acids is 2. The molecule has 0 rings (SSSR count). The molecular weight excluding hydrogens is 387 g/mol. The van der Waals surface area contributed by atoms with E-state index in [2.05, 4.69) is 19.1 Å². The maximum absolute atomic E-state index is 11.7. The normalized spacial score (nSPS) is 12.0. The zero-order valence-electron chi connectivity index (χ0n) is 18.8. The van der Waals surface area contributed by atoms with Crippen molar-refractivity contribution in [2.75, 3.05) is 6.54 Å². The topological polar surface area (TPSA) is 95.4 Å². The summed E-state index contributed by atoms with van der Waals surface area (Å²) in [5.41, 5.74) is 11.1. The minimum absolute atomic E-state index is 0. The van der Waals surface area contributed by atoms with Crippen LogP contribution in [0.4, 0.5) is 0 Å². The molecule has 172 valence electrons. The molecule has 0 heterocycles. The van der Waals surface area contributed by atoms with Crippen molar-refractivity contribution in [3.05, 3.63) is 12.2 Å². The quantitative estimate of drug-likeness (QED) is 0.0934. The number of ether oxygens (including phenoxy) is 1. The first-order valence-corrected chi connectivity index (χ1v) is 12.0. The molecule has 30 heavy (non-hydrogen) atoms. The number of allylic oxidation sites excluding steroid dienone is 2. The van der Waals surface area contributed by atoms with Crippen LogP contribution >= 0.6 is 0 Å². The van der Waals surface area contributed by atoms with Crippen LogP contribution in [0.5, 0.6) is 0 Å². The summed E-state index contributed by atoms with van der Waals surface area (Å²) < 4.78 is 4.82.